The number of carbonyl (C=O) groups is 1. The van der Waals surface area contributed by atoms with Crippen molar-refractivity contribution in [2.75, 3.05) is 13.7 Å². The molecule has 16 heavy (non-hydrogen) atoms. The molecule has 0 aromatic rings. The molecule has 0 heterocycles. The van der Waals surface area contributed by atoms with Gasteiger partial charge in [-0.1, -0.05) is 12.7 Å². The second-order valence-electron chi connectivity index (χ2n) is 3.39. The molecule has 1 atom stereocenters. The molecular weight excluding hydrogens is 204 g/mol. The maximum absolute atomic E-state index is 10.5. The Hall–Kier alpha value is -1.35. The smallest absolute Gasteiger partial charge is 0.149 e. The fourth-order valence-electron chi connectivity index (χ4n) is 0.915. The average molecular weight is 224 g/mol. The van der Waals surface area contributed by atoms with Crippen molar-refractivity contribution < 1.29 is 14.3 Å². The SMILES string of the molecule is C=C(/C=C\C(C=O)=C/C)OCCC(C)OC. The van der Waals surface area contributed by atoms with E-state index >= 15 is 0 Å². The van der Waals surface area contributed by atoms with E-state index in [1.165, 1.54) is 0 Å². The van der Waals surface area contributed by atoms with Gasteiger partial charge in [-0.05, 0) is 26.0 Å². The molecule has 3 heteroatoms. The lowest BCUT2D eigenvalue weighted by Crippen LogP contribution is -2.08. The molecule has 0 saturated carbocycles. The van der Waals surface area contributed by atoms with Gasteiger partial charge < -0.3 is 9.47 Å². The van der Waals surface area contributed by atoms with E-state index in [1.807, 2.05) is 6.92 Å². The van der Waals surface area contributed by atoms with Crippen LogP contribution in [0.3, 0.4) is 0 Å². The van der Waals surface area contributed by atoms with Gasteiger partial charge in [0.2, 0.25) is 0 Å². The van der Waals surface area contributed by atoms with Gasteiger partial charge >= 0.3 is 0 Å². The van der Waals surface area contributed by atoms with Crippen LogP contribution in [0.2, 0.25) is 0 Å². The van der Waals surface area contributed by atoms with Gasteiger partial charge in [0.05, 0.1) is 12.7 Å². The third-order valence-electron chi connectivity index (χ3n) is 2.15. The lowest BCUT2D eigenvalue weighted by Gasteiger charge is -2.10. The lowest BCUT2D eigenvalue weighted by atomic mass is 10.2. The second-order valence-corrected chi connectivity index (χ2v) is 3.39. The molecule has 90 valence electrons. The number of hydrogen-bond donors (Lipinski definition) is 0. The summed E-state index contributed by atoms with van der Waals surface area (Å²) in [5.74, 6) is 0.546. The molecule has 0 saturated heterocycles. The van der Waals surface area contributed by atoms with Crippen molar-refractivity contribution in [1.82, 2.24) is 0 Å². The number of allylic oxidation sites excluding steroid dienone is 4. The van der Waals surface area contributed by atoms with Gasteiger partial charge in [0.25, 0.3) is 0 Å². The quantitative estimate of drug-likeness (QED) is 0.275. The molecular formula is C13H20O3. The summed E-state index contributed by atoms with van der Waals surface area (Å²) in [6.45, 7) is 8.07. The standard InChI is InChI=1S/C13H20O3/c1-5-13(10-14)7-6-12(3)16-9-8-11(2)15-4/h5-7,10-11H,3,8-9H2,1-2,4H3/b7-6-,13-5+. The number of carbonyl (C=O) groups excluding carboxylic acids is 1. The predicted molar refractivity (Wildman–Crippen MR) is 65.1 cm³/mol. The van der Waals surface area contributed by atoms with Gasteiger partial charge in [-0.25, -0.2) is 0 Å². The highest BCUT2D eigenvalue weighted by Gasteiger charge is 1.99. The van der Waals surface area contributed by atoms with Gasteiger partial charge in [0.15, 0.2) is 0 Å². The minimum absolute atomic E-state index is 0.179. The maximum Gasteiger partial charge on any atom is 0.149 e. The van der Waals surface area contributed by atoms with Crippen molar-refractivity contribution in [3.8, 4) is 0 Å². The van der Waals surface area contributed by atoms with Gasteiger partial charge in [-0.15, -0.1) is 0 Å². The fraction of sp³-hybridized carbons (Fsp3) is 0.462. The normalized spacial score (nSPS) is 13.8. The van der Waals surface area contributed by atoms with Crippen molar-refractivity contribution in [3.05, 3.63) is 36.1 Å². The highest BCUT2D eigenvalue weighted by atomic mass is 16.5. The third-order valence-corrected chi connectivity index (χ3v) is 2.15. The lowest BCUT2D eigenvalue weighted by molar-refractivity contribution is -0.104. The van der Waals surface area contributed by atoms with Crippen molar-refractivity contribution in [2.45, 2.75) is 26.4 Å². The molecule has 0 N–H and O–H groups in total. The third kappa shape index (κ3) is 7.01. The number of hydrogen-bond acceptors (Lipinski definition) is 3. The molecule has 0 aliphatic carbocycles. The molecule has 0 aromatic carbocycles. The summed E-state index contributed by atoms with van der Waals surface area (Å²) in [5.41, 5.74) is 0.606. The summed E-state index contributed by atoms with van der Waals surface area (Å²) in [5, 5.41) is 0. The number of ether oxygens (including phenoxy) is 2. The van der Waals surface area contributed by atoms with E-state index < -0.39 is 0 Å². The van der Waals surface area contributed by atoms with Crippen LogP contribution in [0.15, 0.2) is 36.1 Å². The largest absolute Gasteiger partial charge is 0.494 e. The Morgan fingerprint density at radius 1 is 1.44 bits per heavy atom. The van der Waals surface area contributed by atoms with E-state index in [4.69, 9.17) is 9.47 Å². The molecule has 0 aliphatic rings. The molecule has 0 rings (SSSR count). The van der Waals surface area contributed by atoms with Crippen LogP contribution in [-0.4, -0.2) is 26.1 Å². The average Bonchev–Trinajstić information content (AvgIpc) is 2.30. The van der Waals surface area contributed by atoms with Gasteiger partial charge in [-0.2, -0.15) is 0 Å². The van der Waals surface area contributed by atoms with E-state index in [1.54, 1.807) is 32.3 Å². The Bertz CT molecular complexity index is 277. The molecule has 0 aliphatic heterocycles. The fourth-order valence-corrected chi connectivity index (χ4v) is 0.915. The topological polar surface area (TPSA) is 35.5 Å². The number of aldehydes is 1. The Kier molecular flexibility index (Phi) is 8.17. The predicted octanol–water partition coefficient (Wildman–Crippen LogP) is 2.64. The number of methoxy groups -OCH3 is 1. The Morgan fingerprint density at radius 3 is 2.62 bits per heavy atom. The molecule has 3 nitrogen and oxygen atoms in total. The van der Waals surface area contributed by atoms with Gasteiger partial charge in [0, 0.05) is 19.1 Å². The van der Waals surface area contributed by atoms with Crippen molar-refractivity contribution in [2.24, 2.45) is 0 Å². The Labute approximate surface area is 97.4 Å². The van der Waals surface area contributed by atoms with Crippen molar-refractivity contribution in [1.29, 1.82) is 0 Å². The first-order valence-electron chi connectivity index (χ1n) is 5.28. The van der Waals surface area contributed by atoms with E-state index in [0.29, 0.717) is 17.9 Å². The van der Waals surface area contributed by atoms with Crippen LogP contribution in [-0.2, 0) is 14.3 Å². The van der Waals surface area contributed by atoms with Crippen LogP contribution in [0.25, 0.3) is 0 Å². The summed E-state index contributed by atoms with van der Waals surface area (Å²) in [4.78, 5) is 10.5. The van der Waals surface area contributed by atoms with E-state index in [2.05, 4.69) is 6.58 Å². The molecule has 0 fully saturated rings. The van der Waals surface area contributed by atoms with Gasteiger partial charge in [0.1, 0.15) is 12.0 Å². The zero-order valence-electron chi connectivity index (χ0n) is 10.2. The molecule has 1 unspecified atom stereocenters. The summed E-state index contributed by atoms with van der Waals surface area (Å²) >= 11 is 0. The second kappa shape index (κ2) is 8.92. The van der Waals surface area contributed by atoms with Crippen LogP contribution < -0.4 is 0 Å². The van der Waals surface area contributed by atoms with Crippen LogP contribution >= 0.6 is 0 Å². The first-order valence-corrected chi connectivity index (χ1v) is 5.28. The van der Waals surface area contributed by atoms with Crippen LogP contribution in [0.5, 0.6) is 0 Å². The summed E-state index contributed by atoms with van der Waals surface area (Å²) < 4.78 is 10.4. The molecule has 0 spiro atoms. The molecule has 0 bridgehead atoms. The van der Waals surface area contributed by atoms with E-state index in [0.717, 1.165) is 12.7 Å². The zero-order valence-corrected chi connectivity index (χ0v) is 10.2. The summed E-state index contributed by atoms with van der Waals surface area (Å²) in [7, 11) is 1.67. The highest BCUT2D eigenvalue weighted by molar-refractivity contribution is 5.77. The molecule has 0 radical (unpaired) electrons. The minimum Gasteiger partial charge on any atom is -0.494 e. The first kappa shape index (κ1) is 14.6. The summed E-state index contributed by atoms with van der Waals surface area (Å²) in [6, 6.07) is 0. The number of rotatable bonds is 8. The van der Waals surface area contributed by atoms with Crippen molar-refractivity contribution in [3.63, 3.8) is 0 Å². The van der Waals surface area contributed by atoms with E-state index in [9.17, 15) is 4.79 Å². The van der Waals surface area contributed by atoms with Gasteiger partial charge in [-0.3, -0.25) is 4.79 Å². The highest BCUT2D eigenvalue weighted by Crippen LogP contribution is 2.03. The summed E-state index contributed by atoms with van der Waals surface area (Å²) in [6.07, 6.45) is 6.86. The molecule has 0 aromatic heterocycles. The monoisotopic (exact) mass is 224 g/mol. The first-order chi connectivity index (χ1) is 7.63. The maximum atomic E-state index is 10.5. The van der Waals surface area contributed by atoms with Crippen molar-refractivity contribution >= 4 is 6.29 Å². The molecule has 0 amide bonds. The minimum atomic E-state index is 0.179. The van der Waals surface area contributed by atoms with E-state index in [-0.39, 0.29) is 6.10 Å². The van der Waals surface area contributed by atoms with Crippen LogP contribution in [0.4, 0.5) is 0 Å². The Morgan fingerprint density at radius 2 is 2.12 bits per heavy atom. The van der Waals surface area contributed by atoms with Crippen LogP contribution in [0.1, 0.15) is 20.3 Å². The van der Waals surface area contributed by atoms with Crippen LogP contribution in [0, 0.1) is 0 Å². The Balaban J connectivity index is 3.87. The zero-order chi connectivity index (χ0) is 12.4.